The van der Waals surface area contributed by atoms with Gasteiger partial charge in [0.25, 0.3) is 0 Å². The van der Waals surface area contributed by atoms with E-state index in [0.29, 0.717) is 11.3 Å². The normalized spacial score (nSPS) is 11.1. The first-order chi connectivity index (χ1) is 14.6. The van der Waals surface area contributed by atoms with Gasteiger partial charge < -0.3 is 10.2 Å². The van der Waals surface area contributed by atoms with Gasteiger partial charge in [0.15, 0.2) is 11.6 Å². The van der Waals surface area contributed by atoms with Crippen LogP contribution in [-0.4, -0.2) is 20.2 Å². The number of fused-ring (bicyclic) bond motifs is 1. The van der Waals surface area contributed by atoms with Crippen molar-refractivity contribution in [3.05, 3.63) is 84.1 Å². The number of rotatable bonds is 3. The zero-order valence-electron chi connectivity index (χ0n) is 15.6. The van der Waals surface area contributed by atoms with Crippen molar-refractivity contribution in [1.29, 1.82) is 0 Å². The summed E-state index contributed by atoms with van der Waals surface area (Å²) in [7, 11) is 0. The Kier molecular flexibility index (Phi) is 4.41. The summed E-state index contributed by atoms with van der Waals surface area (Å²) in [6.07, 6.45) is 1.75. The van der Waals surface area contributed by atoms with Gasteiger partial charge in [-0.15, -0.1) is 11.3 Å². The van der Waals surface area contributed by atoms with Gasteiger partial charge in [0.1, 0.15) is 10.8 Å². The molecule has 30 heavy (non-hydrogen) atoms. The lowest BCUT2D eigenvalue weighted by atomic mass is 9.99. The Morgan fingerprint density at radius 2 is 1.57 bits per heavy atom. The molecule has 0 amide bonds. The number of pyridine rings is 1. The molecule has 0 aliphatic heterocycles. The summed E-state index contributed by atoms with van der Waals surface area (Å²) in [5, 5.41) is 22.7. The minimum atomic E-state index is -0.687. The Morgan fingerprint density at radius 1 is 0.800 bits per heavy atom. The van der Waals surface area contributed by atoms with Crippen LogP contribution in [0.1, 0.15) is 0 Å². The van der Waals surface area contributed by atoms with Crippen LogP contribution in [0.15, 0.2) is 78.3 Å². The molecule has 0 atom stereocenters. The van der Waals surface area contributed by atoms with E-state index in [-0.39, 0.29) is 5.75 Å². The monoisotopic (exact) mass is 414 g/mol. The highest BCUT2D eigenvalue weighted by atomic mass is 32.1. The van der Waals surface area contributed by atoms with E-state index < -0.39 is 11.6 Å². The summed E-state index contributed by atoms with van der Waals surface area (Å²) in [5.74, 6) is -0.860. The molecule has 3 aromatic carbocycles. The Morgan fingerprint density at radius 3 is 2.30 bits per heavy atom. The standard InChI is InChI=1S/C24H15FN2O2S/c25-20-12-16(4-8-23(20)29)22-13-19(24-26-9-10-30-24)18-11-15(3-7-21(18)27-22)14-1-5-17(28)6-2-14/h1-13,28-29H. The maximum atomic E-state index is 13.9. The van der Waals surface area contributed by atoms with Crippen molar-refractivity contribution in [1.82, 2.24) is 9.97 Å². The summed E-state index contributed by atoms with van der Waals surface area (Å²) in [6, 6.07) is 19.1. The molecule has 146 valence electrons. The van der Waals surface area contributed by atoms with Gasteiger partial charge in [0, 0.05) is 28.1 Å². The summed E-state index contributed by atoms with van der Waals surface area (Å²) in [4.78, 5) is 9.18. The van der Waals surface area contributed by atoms with Crippen LogP contribution in [0.2, 0.25) is 0 Å². The Hall–Kier alpha value is -3.77. The van der Waals surface area contributed by atoms with Gasteiger partial charge in [-0.1, -0.05) is 18.2 Å². The second-order valence-corrected chi connectivity index (χ2v) is 7.73. The lowest BCUT2D eigenvalue weighted by molar-refractivity contribution is 0.432. The fourth-order valence-electron chi connectivity index (χ4n) is 3.41. The molecule has 2 N–H and O–H groups in total. The molecule has 0 spiro atoms. The highest BCUT2D eigenvalue weighted by Crippen LogP contribution is 2.36. The number of aromatic hydroxyl groups is 2. The molecule has 5 aromatic rings. The molecule has 0 aliphatic rings. The molecular weight excluding hydrogens is 399 g/mol. The molecule has 0 saturated heterocycles. The number of phenols is 2. The number of hydrogen-bond donors (Lipinski definition) is 2. The van der Waals surface area contributed by atoms with Gasteiger partial charge in [-0.2, -0.15) is 0 Å². The van der Waals surface area contributed by atoms with Crippen LogP contribution >= 0.6 is 11.3 Å². The Labute approximate surface area is 175 Å². The molecule has 5 rings (SSSR count). The molecule has 0 radical (unpaired) electrons. The highest BCUT2D eigenvalue weighted by Gasteiger charge is 2.14. The largest absolute Gasteiger partial charge is 0.508 e. The van der Waals surface area contributed by atoms with Crippen LogP contribution in [0.5, 0.6) is 11.5 Å². The first kappa shape index (κ1) is 18.3. The second-order valence-electron chi connectivity index (χ2n) is 6.84. The van der Waals surface area contributed by atoms with Crippen molar-refractivity contribution in [2.75, 3.05) is 0 Å². The number of phenolic OH excluding ortho intramolecular Hbond substituents is 2. The van der Waals surface area contributed by atoms with E-state index >= 15 is 0 Å². The SMILES string of the molecule is Oc1ccc(-c2ccc3nc(-c4ccc(O)c(F)c4)cc(-c4nccs4)c3c2)cc1. The average molecular weight is 414 g/mol. The molecular formula is C24H15FN2O2S. The molecule has 6 heteroatoms. The lowest BCUT2D eigenvalue weighted by Gasteiger charge is -2.11. The number of benzene rings is 3. The molecule has 2 aromatic heterocycles. The summed E-state index contributed by atoms with van der Waals surface area (Å²) in [6.45, 7) is 0. The molecule has 2 heterocycles. The van der Waals surface area contributed by atoms with Crippen LogP contribution in [0.3, 0.4) is 0 Å². The summed E-state index contributed by atoms with van der Waals surface area (Å²) < 4.78 is 13.9. The van der Waals surface area contributed by atoms with E-state index in [2.05, 4.69) is 4.98 Å². The molecule has 0 fully saturated rings. The number of nitrogens with zero attached hydrogens (tertiary/aromatic N) is 2. The molecule has 4 nitrogen and oxygen atoms in total. The topological polar surface area (TPSA) is 66.2 Å². The Balaban J connectivity index is 1.73. The maximum absolute atomic E-state index is 13.9. The Bertz CT molecular complexity index is 1370. The van der Waals surface area contributed by atoms with Gasteiger partial charge in [0.2, 0.25) is 0 Å². The van der Waals surface area contributed by atoms with Gasteiger partial charge in [-0.25, -0.2) is 14.4 Å². The molecule has 0 unspecified atom stereocenters. The molecule has 0 saturated carbocycles. The van der Waals surface area contributed by atoms with Crippen molar-refractivity contribution in [3.8, 4) is 44.5 Å². The maximum Gasteiger partial charge on any atom is 0.165 e. The first-order valence-corrected chi connectivity index (χ1v) is 10.1. The van der Waals surface area contributed by atoms with E-state index in [1.54, 1.807) is 24.4 Å². The number of aromatic nitrogens is 2. The van der Waals surface area contributed by atoms with Crippen LogP contribution in [0.4, 0.5) is 4.39 Å². The highest BCUT2D eigenvalue weighted by molar-refractivity contribution is 7.13. The van der Waals surface area contributed by atoms with Gasteiger partial charge >= 0.3 is 0 Å². The minimum Gasteiger partial charge on any atom is -0.508 e. The number of hydrogen-bond acceptors (Lipinski definition) is 5. The van der Waals surface area contributed by atoms with Crippen molar-refractivity contribution in [3.63, 3.8) is 0 Å². The van der Waals surface area contributed by atoms with Gasteiger partial charge in [0.05, 0.1) is 11.2 Å². The zero-order chi connectivity index (χ0) is 20.7. The van der Waals surface area contributed by atoms with Crippen molar-refractivity contribution in [2.24, 2.45) is 0 Å². The molecule has 0 aliphatic carbocycles. The van der Waals surface area contributed by atoms with Gasteiger partial charge in [-0.05, 0) is 59.7 Å². The lowest BCUT2D eigenvalue weighted by Crippen LogP contribution is -1.91. The predicted octanol–water partition coefficient (Wildman–Crippen LogP) is 6.24. The predicted molar refractivity (Wildman–Crippen MR) is 117 cm³/mol. The van der Waals surface area contributed by atoms with Crippen LogP contribution in [-0.2, 0) is 0 Å². The first-order valence-electron chi connectivity index (χ1n) is 9.21. The van der Waals surface area contributed by atoms with Crippen molar-refractivity contribution in [2.45, 2.75) is 0 Å². The fourth-order valence-corrected chi connectivity index (χ4v) is 4.07. The third-order valence-electron chi connectivity index (χ3n) is 4.92. The van der Waals surface area contributed by atoms with E-state index in [1.807, 2.05) is 41.8 Å². The van der Waals surface area contributed by atoms with Gasteiger partial charge in [-0.3, -0.25) is 0 Å². The quantitative estimate of drug-likeness (QED) is 0.367. The van der Waals surface area contributed by atoms with Crippen LogP contribution in [0, 0.1) is 5.82 Å². The van der Waals surface area contributed by atoms with Crippen LogP contribution in [0.25, 0.3) is 43.9 Å². The van der Waals surface area contributed by atoms with Crippen molar-refractivity contribution < 1.29 is 14.6 Å². The fraction of sp³-hybridized carbons (Fsp3) is 0. The van der Waals surface area contributed by atoms with E-state index in [1.165, 1.54) is 23.5 Å². The zero-order valence-corrected chi connectivity index (χ0v) is 16.4. The summed E-state index contributed by atoms with van der Waals surface area (Å²) >= 11 is 1.52. The number of thiazole rings is 1. The average Bonchev–Trinajstić information content (AvgIpc) is 3.30. The second kappa shape index (κ2) is 7.24. The van der Waals surface area contributed by atoms with E-state index in [0.717, 1.165) is 32.6 Å². The third kappa shape index (κ3) is 3.27. The van der Waals surface area contributed by atoms with Crippen LogP contribution < -0.4 is 0 Å². The van der Waals surface area contributed by atoms with Crippen molar-refractivity contribution >= 4 is 22.2 Å². The smallest absolute Gasteiger partial charge is 0.165 e. The van der Waals surface area contributed by atoms with E-state index in [4.69, 9.17) is 4.98 Å². The molecule has 0 bridgehead atoms. The third-order valence-corrected chi connectivity index (χ3v) is 5.72. The number of halogens is 1. The minimum absolute atomic E-state index is 0.218. The summed E-state index contributed by atoms with van der Waals surface area (Å²) in [5.41, 5.74) is 4.81. The van der Waals surface area contributed by atoms with E-state index in [9.17, 15) is 14.6 Å².